The zero-order chi connectivity index (χ0) is 10.9. The van der Waals surface area contributed by atoms with E-state index in [1.165, 1.54) is 16.0 Å². The van der Waals surface area contributed by atoms with E-state index in [2.05, 4.69) is 50.4 Å². The minimum Gasteiger partial charge on any atom is -1.00 e. The van der Waals surface area contributed by atoms with Crippen LogP contribution in [0.3, 0.4) is 0 Å². The van der Waals surface area contributed by atoms with Crippen LogP contribution in [0, 0.1) is 6.08 Å². The van der Waals surface area contributed by atoms with Gasteiger partial charge in [0, 0.05) is 4.88 Å². The van der Waals surface area contributed by atoms with E-state index in [9.17, 15) is 0 Å². The normalized spacial score (nSPS) is 13.2. The van der Waals surface area contributed by atoms with Gasteiger partial charge in [0.1, 0.15) is 0 Å². The van der Waals surface area contributed by atoms with Crippen molar-refractivity contribution in [2.75, 3.05) is 0 Å². The van der Waals surface area contributed by atoms with Gasteiger partial charge in [0.25, 0.3) is 0 Å². The second-order valence-corrected chi connectivity index (χ2v) is 5.37. The number of aryl methyl sites for hydroxylation is 1. The van der Waals surface area contributed by atoms with Crippen LogP contribution in [-0.2, 0) is 33.6 Å². The molecule has 0 aromatic carbocycles. The summed E-state index contributed by atoms with van der Waals surface area (Å²) >= 11 is 1.87. The Morgan fingerprint density at radius 3 is 2.50 bits per heavy atom. The molecule has 0 saturated heterocycles. The summed E-state index contributed by atoms with van der Waals surface area (Å²) in [6.45, 7) is 6.83. The van der Waals surface area contributed by atoms with E-state index in [4.69, 9.17) is 0 Å². The van der Waals surface area contributed by atoms with Gasteiger partial charge in [-0.2, -0.15) is 6.08 Å². The molecule has 4 heteroatoms. The van der Waals surface area contributed by atoms with Gasteiger partial charge in [-0.1, -0.05) is 20.8 Å². The van der Waals surface area contributed by atoms with E-state index >= 15 is 0 Å². The first kappa shape index (κ1) is 20.8. The zero-order valence-corrected chi connectivity index (χ0v) is 14.8. The maximum absolute atomic E-state index is 3.45. The van der Waals surface area contributed by atoms with Crippen LogP contribution in [0.5, 0.6) is 0 Å². The number of halogens is 2. The van der Waals surface area contributed by atoms with Crippen LogP contribution in [0.1, 0.15) is 37.6 Å². The summed E-state index contributed by atoms with van der Waals surface area (Å²) in [7, 11) is 0. The second-order valence-electron chi connectivity index (χ2n) is 4.45. The molecule has 1 aromatic rings. The Kier molecular flexibility index (Phi) is 9.94. The van der Waals surface area contributed by atoms with Crippen LogP contribution in [0.4, 0.5) is 0 Å². The van der Waals surface area contributed by atoms with Gasteiger partial charge in [0.15, 0.2) is 0 Å². The molecule has 0 unspecified atom stereocenters. The molecular weight excluding hydrogens is 319 g/mol. The van der Waals surface area contributed by atoms with E-state index in [1.54, 1.807) is 0 Å². The number of hydrogen-bond donors (Lipinski definition) is 0. The van der Waals surface area contributed by atoms with Crippen LogP contribution in [-0.4, -0.2) is 0 Å². The van der Waals surface area contributed by atoms with E-state index < -0.39 is 0 Å². The molecule has 18 heavy (non-hydrogen) atoms. The Bertz CT molecular complexity index is 419. The largest absolute Gasteiger partial charge is 3.00 e. The van der Waals surface area contributed by atoms with Crippen LogP contribution in [0.15, 0.2) is 29.2 Å². The molecule has 0 fully saturated rings. The van der Waals surface area contributed by atoms with Gasteiger partial charge in [0.05, 0.1) is 0 Å². The maximum Gasteiger partial charge on any atom is 3.00 e. The number of thiophene rings is 1. The van der Waals surface area contributed by atoms with Crippen molar-refractivity contribution in [2.45, 2.75) is 39.0 Å². The van der Waals surface area contributed by atoms with E-state index in [0.717, 1.165) is 12.8 Å². The summed E-state index contributed by atoms with van der Waals surface area (Å²) in [4.78, 5) is 1.50. The van der Waals surface area contributed by atoms with Crippen LogP contribution < -0.4 is 24.8 Å². The molecule has 0 saturated carbocycles. The van der Waals surface area contributed by atoms with Gasteiger partial charge < -0.3 is 24.8 Å². The molecule has 1 heterocycles. The van der Waals surface area contributed by atoms with Crippen molar-refractivity contribution in [3.05, 3.63) is 45.7 Å². The third-order valence-electron chi connectivity index (χ3n) is 3.06. The summed E-state index contributed by atoms with van der Waals surface area (Å²) < 4.78 is 0. The maximum atomic E-state index is 3.45. The van der Waals surface area contributed by atoms with Crippen molar-refractivity contribution >= 4 is 11.3 Å². The summed E-state index contributed by atoms with van der Waals surface area (Å²) in [5.41, 5.74) is 2.96. The predicted molar refractivity (Wildman–Crippen MR) is 67.2 cm³/mol. The molecule has 2 rings (SSSR count). The first-order valence-corrected chi connectivity index (χ1v) is 6.39. The summed E-state index contributed by atoms with van der Waals surface area (Å²) in [5, 5.41) is 2.20. The third kappa shape index (κ3) is 3.98. The van der Waals surface area contributed by atoms with Crippen molar-refractivity contribution in [3.63, 3.8) is 0 Å². The molecule has 0 spiro atoms. The molecule has 1 aliphatic rings. The SMILES string of the molecule is CCc1ccsc1C(C)(C)C1=[C-]CC=C1.[Cl-].[Cl-].[Ti+3]. The Morgan fingerprint density at radius 1 is 1.33 bits per heavy atom. The topological polar surface area (TPSA) is 0 Å². The zero-order valence-electron chi connectivity index (χ0n) is 10.9. The van der Waals surface area contributed by atoms with Gasteiger partial charge in [-0.25, -0.2) is 11.6 Å². The summed E-state index contributed by atoms with van der Waals surface area (Å²) in [6, 6.07) is 2.25. The van der Waals surface area contributed by atoms with E-state index in [0.29, 0.717) is 0 Å². The van der Waals surface area contributed by atoms with E-state index in [-0.39, 0.29) is 51.9 Å². The van der Waals surface area contributed by atoms with Crippen molar-refractivity contribution in [1.29, 1.82) is 0 Å². The quantitative estimate of drug-likeness (QED) is 0.455. The molecule has 0 N–H and O–H groups in total. The van der Waals surface area contributed by atoms with Crippen molar-refractivity contribution in [1.82, 2.24) is 0 Å². The van der Waals surface area contributed by atoms with Gasteiger partial charge >= 0.3 is 21.7 Å². The number of rotatable bonds is 3. The molecule has 97 valence electrons. The number of hydrogen-bond acceptors (Lipinski definition) is 1. The average molecular weight is 336 g/mol. The van der Waals surface area contributed by atoms with Crippen molar-refractivity contribution < 1.29 is 46.5 Å². The van der Waals surface area contributed by atoms with Gasteiger partial charge in [-0.15, -0.1) is 17.8 Å². The second kappa shape index (κ2) is 8.61. The van der Waals surface area contributed by atoms with E-state index in [1.807, 2.05) is 11.3 Å². The van der Waals surface area contributed by atoms with Crippen molar-refractivity contribution in [2.24, 2.45) is 0 Å². The van der Waals surface area contributed by atoms with Gasteiger partial charge in [-0.3, -0.25) is 6.08 Å². The minimum absolute atomic E-state index is 0. The number of allylic oxidation sites excluding steroid dienone is 4. The molecule has 0 amide bonds. The molecule has 1 aromatic heterocycles. The van der Waals surface area contributed by atoms with Gasteiger partial charge in [0.2, 0.25) is 0 Å². The monoisotopic (exact) mass is 335 g/mol. The smallest absolute Gasteiger partial charge is 1.00 e. The summed E-state index contributed by atoms with van der Waals surface area (Å²) in [5.74, 6) is 0. The molecule has 0 bridgehead atoms. The third-order valence-corrected chi connectivity index (χ3v) is 4.34. The molecular formula is C14H17Cl2STi. The first-order chi connectivity index (χ1) is 7.16. The summed E-state index contributed by atoms with van der Waals surface area (Å²) in [6.07, 6.45) is 9.96. The minimum atomic E-state index is 0. The fourth-order valence-electron chi connectivity index (χ4n) is 2.12. The Hall–Kier alpha value is 0.474. The predicted octanol–water partition coefficient (Wildman–Crippen LogP) is -1.72. The molecule has 0 atom stereocenters. The molecule has 0 aliphatic heterocycles. The first-order valence-electron chi connectivity index (χ1n) is 5.51. The standard InChI is InChI=1S/C14H17S.2ClH.Ti/c1-4-11-9-10-15-13(11)14(2,3)12-7-5-6-8-12;;;/h5,7,9-10H,4,6H2,1-3H3;2*1H;/q-1;;;+3/p-2. The molecule has 0 nitrogen and oxygen atoms in total. The fourth-order valence-corrected chi connectivity index (χ4v) is 3.26. The fraction of sp³-hybridized carbons (Fsp3) is 0.429. The Morgan fingerprint density at radius 2 is 2.00 bits per heavy atom. The Balaban J connectivity index is 0. The Labute approximate surface area is 142 Å². The van der Waals surface area contributed by atoms with Crippen LogP contribution >= 0.6 is 11.3 Å². The average Bonchev–Trinajstić information content (AvgIpc) is 2.89. The van der Waals surface area contributed by atoms with Crippen molar-refractivity contribution in [3.8, 4) is 0 Å². The van der Waals surface area contributed by atoms with Gasteiger partial charge in [-0.05, 0) is 28.8 Å². The molecule has 1 aliphatic carbocycles. The molecule has 1 radical (unpaired) electrons. The van der Waals surface area contributed by atoms with Crippen LogP contribution in [0.2, 0.25) is 0 Å². The van der Waals surface area contributed by atoms with Crippen LogP contribution in [0.25, 0.3) is 0 Å².